The van der Waals surface area contributed by atoms with Crippen LogP contribution in [0.15, 0.2) is 36.0 Å². The van der Waals surface area contributed by atoms with E-state index in [2.05, 4.69) is 20.7 Å². The first kappa shape index (κ1) is 10.9. The Bertz CT molecular complexity index is 495. The molecule has 0 aliphatic carbocycles. The van der Waals surface area contributed by atoms with Crippen molar-refractivity contribution in [2.75, 3.05) is 5.53 Å². The molecular formula is C9H7Cl2N5. The fraction of sp³-hybridized carbons (Fsp3) is 0. The van der Waals surface area contributed by atoms with Gasteiger partial charge in [-0.05, 0) is 17.7 Å². The van der Waals surface area contributed by atoms with Crippen molar-refractivity contribution in [1.82, 2.24) is 14.9 Å². The van der Waals surface area contributed by atoms with Gasteiger partial charge in [-0.2, -0.15) is 10.6 Å². The predicted molar refractivity (Wildman–Crippen MR) is 63.4 cm³/mol. The molecule has 0 saturated heterocycles. The van der Waals surface area contributed by atoms with Gasteiger partial charge in [0.25, 0.3) is 0 Å². The Labute approximate surface area is 102 Å². The molecule has 1 N–H and O–H groups in total. The molecule has 0 bridgehead atoms. The third kappa shape index (κ3) is 2.71. The maximum atomic E-state index is 5.85. The summed E-state index contributed by atoms with van der Waals surface area (Å²) in [4.78, 5) is 5.12. The molecule has 1 aromatic heterocycles. The molecule has 0 saturated carbocycles. The summed E-state index contributed by atoms with van der Waals surface area (Å²) in [5.74, 6) is 0. The molecule has 0 aliphatic heterocycles. The fourth-order valence-electron chi connectivity index (χ4n) is 1.02. The van der Waals surface area contributed by atoms with Crippen LogP contribution in [0.4, 0.5) is 0 Å². The molecule has 1 aromatic carbocycles. The number of nitrogens with one attached hydrogen (secondary N) is 1. The predicted octanol–water partition coefficient (Wildman–Crippen LogP) is 2.16. The minimum atomic E-state index is 0.492. The van der Waals surface area contributed by atoms with Gasteiger partial charge < -0.3 is 0 Å². The number of rotatable bonds is 3. The van der Waals surface area contributed by atoms with Crippen LogP contribution in [-0.4, -0.2) is 21.1 Å². The average molecular weight is 256 g/mol. The zero-order chi connectivity index (χ0) is 11.4. The van der Waals surface area contributed by atoms with Crippen LogP contribution < -0.4 is 5.53 Å². The highest BCUT2D eigenvalue weighted by molar-refractivity contribution is 6.42. The lowest BCUT2D eigenvalue weighted by molar-refractivity contribution is 0.754. The average Bonchev–Trinajstić information content (AvgIpc) is 2.76. The van der Waals surface area contributed by atoms with E-state index in [4.69, 9.17) is 23.2 Å². The van der Waals surface area contributed by atoms with Crippen molar-refractivity contribution in [3.8, 4) is 0 Å². The molecule has 0 atom stereocenters. The SMILES string of the molecule is Clc1ccc(/C=N\Nn2cncn2)cc1Cl. The van der Waals surface area contributed by atoms with Crippen molar-refractivity contribution in [3.05, 3.63) is 46.5 Å². The molecule has 0 spiro atoms. The van der Waals surface area contributed by atoms with E-state index < -0.39 is 0 Å². The van der Waals surface area contributed by atoms with Crippen LogP contribution in [-0.2, 0) is 0 Å². The smallest absolute Gasteiger partial charge is 0.139 e. The van der Waals surface area contributed by atoms with E-state index in [1.54, 1.807) is 24.4 Å². The summed E-state index contributed by atoms with van der Waals surface area (Å²) >= 11 is 11.6. The first-order chi connectivity index (χ1) is 7.75. The topological polar surface area (TPSA) is 55.1 Å². The molecule has 0 aliphatic rings. The highest BCUT2D eigenvalue weighted by atomic mass is 35.5. The second kappa shape index (κ2) is 4.96. The second-order valence-electron chi connectivity index (χ2n) is 2.87. The van der Waals surface area contributed by atoms with Crippen molar-refractivity contribution >= 4 is 29.4 Å². The molecule has 16 heavy (non-hydrogen) atoms. The Morgan fingerprint density at radius 1 is 1.31 bits per heavy atom. The van der Waals surface area contributed by atoms with Crippen LogP contribution in [0.25, 0.3) is 0 Å². The van der Waals surface area contributed by atoms with E-state index >= 15 is 0 Å². The van der Waals surface area contributed by atoms with Gasteiger partial charge in [-0.15, -0.1) is 9.89 Å². The monoisotopic (exact) mass is 255 g/mol. The van der Waals surface area contributed by atoms with Gasteiger partial charge in [0.05, 0.1) is 16.3 Å². The Kier molecular flexibility index (Phi) is 3.38. The lowest BCUT2D eigenvalue weighted by Gasteiger charge is -1.98. The van der Waals surface area contributed by atoms with Crippen LogP contribution in [0, 0.1) is 0 Å². The molecule has 2 rings (SSSR count). The summed E-state index contributed by atoms with van der Waals surface area (Å²) in [5, 5.41) is 8.76. The zero-order valence-electron chi connectivity index (χ0n) is 8.01. The van der Waals surface area contributed by atoms with E-state index in [0.29, 0.717) is 10.0 Å². The number of hydrogen-bond acceptors (Lipinski definition) is 4. The quantitative estimate of drug-likeness (QED) is 0.676. The third-order valence-electron chi connectivity index (χ3n) is 1.74. The Morgan fingerprint density at radius 2 is 2.19 bits per heavy atom. The van der Waals surface area contributed by atoms with Gasteiger partial charge >= 0.3 is 0 Å². The normalized spacial score (nSPS) is 10.9. The van der Waals surface area contributed by atoms with Crippen LogP contribution in [0.5, 0.6) is 0 Å². The largest absolute Gasteiger partial charge is 0.221 e. The highest BCUT2D eigenvalue weighted by Gasteiger charge is 1.96. The maximum absolute atomic E-state index is 5.85. The molecule has 5 nitrogen and oxygen atoms in total. The van der Waals surface area contributed by atoms with Crippen molar-refractivity contribution in [2.24, 2.45) is 5.10 Å². The van der Waals surface area contributed by atoms with E-state index in [1.807, 2.05) is 0 Å². The molecule has 0 amide bonds. The summed E-state index contributed by atoms with van der Waals surface area (Å²) in [6, 6.07) is 5.23. The van der Waals surface area contributed by atoms with E-state index in [0.717, 1.165) is 5.56 Å². The lowest BCUT2D eigenvalue weighted by Crippen LogP contribution is -2.08. The van der Waals surface area contributed by atoms with Gasteiger partial charge in [0.15, 0.2) is 0 Å². The van der Waals surface area contributed by atoms with Crippen molar-refractivity contribution < 1.29 is 0 Å². The molecule has 2 aromatic rings. The highest BCUT2D eigenvalue weighted by Crippen LogP contribution is 2.21. The first-order valence-corrected chi connectivity index (χ1v) is 5.10. The molecule has 1 heterocycles. The van der Waals surface area contributed by atoms with Gasteiger partial charge in [0.1, 0.15) is 12.7 Å². The van der Waals surface area contributed by atoms with Gasteiger partial charge in [-0.1, -0.05) is 29.3 Å². The van der Waals surface area contributed by atoms with E-state index in [-0.39, 0.29) is 0 Å². The number of aromatic nitrogens is 3. The molecule has 82 valence electrons. The summed E-state index contributed by atoms with van der Waals surface area (Å²) in [7, 11) is 0. The molecule has 0 unspecified atom stereocenters. The zero-order valence-corrected chi connectivity index (χ0v) is 9.52. The minimum Gasteiger partial charge on any atom is -0.221 e. The summed E-state index contributed by atoms with van der Waals surface area (Å²) in [5.41, 5.74) is 3.48. The third-order valence-corrected chi connectivity index (χ3v) is 2.48. The number of hydrazone groups is 1. The van der Waals surface area contributed by atoms with E-state index in [1.165, 1.54) is 17.4 Å². The van der Waals surface area contributed by atoms with E-state index in [9.17, 15) is 0 Å². The standard InChI is InChI=1S/C9H7Cl2N5/c10-8-2-1-7(3-9(8)11)4-13-15-16-6-12-5-14-16/h1-6,15H/b13-4-. The van der Waals surface area contributed by atoms with Crippen LogP contribution in [0.2, 0.25) is 10.0 Å². The van der Waals surface area contributed by atoms with Crippen LogP contribution in [0.1, 0.15) is 5.56 Å². The van der Waals surface area contributed by atoms with Crippen LogP contribution in [0.3, 0.4) is 0 Å². The minimum absolute atomic E-state index is 0.492. The lowest BCUT2D eigenvalue weighted by atomic mass is 10.2. The van der Waals surface area contributed by atoms with Gasteiger partial charge in [0, 0.05) is 0 Å². The fourth-order valence-corrected chi connectivity index (χ4v) is 1.32. The van der Waals surface area contributed by atoms with Crippen molar-refractivity contribution in [1.29, 1.82) is 0 Å². The number of hydrogen-bond donors (Lipinski definition) is 1. The second-order valence-corrected chi connectivity index (χ2v) is 3.69. The maximum Gasteiger partial charge on any atom is 0.139 e. The Hall–Kier alpha value is -1.59. The number of nitrogens with zero attached hydrogens (tertiary/aromatic N) is 4. The van der Waals surface area contributed by atoms with Gasteiger partial charge in [0.2, 0.25) is 0 Å². The molecule has 0 fully saturated rings. The number of benzene rings is 1. The molecule has 7 heteroatoms. The van der Waals surface area contributed by atoms with Crippen molar-refractivity contribution in [3.63, 3.8) is 0 Å². The Balaban J connectivity index is 2.03. The first-order valence-electron chi connectivity index (χ1n) is 4.34. The summed E-state index contributed by atoms with van der Waals surface area (Å²) < 4.78 is 0. The summed E-state index contributed by atoms with van der Waals surface area (Å²) in [6.07, 6.45) is 4.50. The molecular weight excluding hydrogens is 249 g/mol. The Morgan fingerprint density at radius 3 is 2.88 bits per heavy atom. The van der Waals surface area contributed by atoms with Crippen LogP contribution >= 0.6 is 23.2 Å². The molecule has 0 radical (unpaired) electrons. The van der Waals surface area contributed by atoms with Gasteiger partial charge in [-0.25, -0.2) is 4.98 Å². The van der Waals surface area contributed by atoms with Crippen molar-refractivity contribution in [2.45, 2.75) is 0 Å². The van der Waals surface area contributed by atoms with Gasteiger partial charge in [-0.3, -0.25) is 0 Å². The summed E-state index contributed by atoms with van der Waals surface area (Å²) in [6.45, 7) is 0. The number of halogens is 2.